The van der Waals surface area contributed by atoms with E-state index in [2.05, 4.69) is 31.2 Å². The SMILES string of the molecule is COc1ccccc1Nc1nc2c(c(=O)[nH]1)[C@@H](C(=O)Nc1ccc(NC(C)=O)cc1)CC(=O)N2. The van der Waals surface area contributed by atoms with Crippen LogP contribution in [0.1, 0.15) is 24.8 Å². The van der Waals surface area contributed by atoms with Crippen LogP contribution in [0.4, 0.5) is 28.8 Å². The van der Waals surface area contributed by atoms with E-state index in [-0.39, 0.29) is 29.7 Å². The van der Waals surface area contributed by atoms with Crippen LogP contribution < -0.4 is 31.6 Å². The fourth-order valence-electron chi connectivity index (χ4n) is 3.60. The van der Waals surface area contributed by atoms with Crippen LogP contribution in [0, 0.1) is 0 Å². The van der Waals surface area contributed by atoms with Crippen LogP contribution in [0.15, 0.2) is 53.3 Å². The lowest BCUT2D eigenvalue weighted by Gasteiger charge is -2.23. The minimum absolute atomic E-state index is 0.0126. The predicted octanol–water partition coefficient (Wildman–Crippen LogP) is 2.54. The molecule has 1 aliphatic rings. The Balaban J connectivity index is 1.58. The molecule has 2 aromatic carbocycles. The van der Waals surface area contributed by atoms with Crippen molar-refractivity contribution in [2.45, 2.75) is 19.3 Å². The van der Waals surface area contributed by atoms with Gasteiger partial charge in [-0.05, 0) is 36.4 Å². The van der Waals surface area contributed by atoms with Crippen molar-refractivity contribution in [1.82, 2.24) is 9.97 Å². The number of para-hydroxylation sites is 2. The maximum Gasteiger partial charge on any atom is 0.258 e. The van der Waals surface area contributed by atoms with Crippen molar-refractivity contribution in [2.75, 3.05) is 28.4 Å². The van der Waals surface area contributed by atoms with Crippen LogP contribution >= 0.6 is 0 Å². The molecule has 0 spiro atoms. The molecule has 0 bridgehead atoms. The quantitative estimate of drug-likeness (QED) is 0.377. The van der Waals surface area contributed by atoms with E-state index < -0.39 is 23.3 Å². The molecule has 11 nitrogen and oxygen atoms in total. The van der Waals surface area contributed by atoms with E-state index in [1.807, 2.05) is 0 Å². The van der Waals surface area contributed by atoms with Crippen molar-refractivity contribution in [1.29, 1.82) is 0 Å². The number of fused-ring (bicyclic) bond motifs is 1. The third-order valence-electron chi connectivity index (χ3n) is 5.10. The zero-order chi connectivity index (χ0) is 24.2. The van der Waals surface area contributed by atoms with Gasteiger partial charge in [-0.2, -0.15) is 4.98 Å². The minimum Gasteiger partial charge on any atom is -0.495 e. The van der Waals surface area contributed by atoms with Gasteiger partial charge in [-0.25, -0.2) is 0 Å². The van der Waals surface area contributed by atoms with Crippen LogP contribution in [0.5, 0.6) is 5.75 Å². The largest absolute Gasteiger partial charge is 0.495 e. The van der Waals surface area contributed by atoms with E-state index in [4.69, 9.17) is 4.74 Å². The van der Waals surface area contributed by atoms with Crippen molar-refractivity contribution in [3.8, 4) is 5.75 Å². The van der Waals surface area contributed by atoms with E-state index in [9.17, 15) is 19.2 Å². The number of rotatable bonds is 6. The van der Waals surface area contributed by atoms with E-state index >= 15 is 0 Å². The molecule has 4 rings (SSSR count). The van der Waals surface area contributed by atoms with Gasteiger partial charge in [0.15, 0.2) is 0 Å². The lowest BCUT2D eigenvalue weighted by Crippen LogP contribution is -2.36. The highest BCUT2D eigenvalue weighted by Crippen LogP contribution is 2.31. The Labute approximate surface area is 193 Å². The molecule has 0 saturated carbocycles. The summed E-state index contributed by atoms with van der Waals surface area (Å²) < 4.78 is 5.28. The van der Waals surface area contributed by atoms with Gasteiger partial charge in [0.05, 0.1) is 24.3 Å². The average molecular weight is 462 g/mol. The third-order valence-corrected chi connectivity index (χ3v) is 5.10. The van der Waals surface area contributed by atoms with Gasteiger partial charge in [-0.1, -0.05) is 12.1 Å². The second kappa shape index (κ2) is 9.45. The Morgan fingerprint density at radius 3 is 2.38 bits per heavy atom. The number of aromatic nitrogens is 2. The molecule has 0 fully saturated rings. The summed E-state index contributed by atoms with van der Waals surface area (Å²) in [5.41, 5.74) is 1.10. The lowest BCUT2D eigenvalue weighted by molar-refractivity contribution is -0.123. The normalized spacial score (nSPS) is 14.4. The molecule has 174 valence electrons. The maximum atomic E-state index is 13.0. The molecule has 1 atom stereocenters. The number of hydrogen-bond acceptors (Lipinski definition) is 7. The van der Waals surface area contributed by atoms with Crippen molar-refractivity contribution in [2.24, 2.45) is 0 Å². The van der Waals surface area contributed by atoms with E-state index in [1.54, 1.807) is 48.5 Å². The van der Waals surface area contributed by atoms with Gasteiger partial charge in [-0.3, -0.25) is 24.2 Å². The summed E-state index contributed by atoms with van der Waals surface area (Å²) in [6, 6.07) is 13.5. The molecule has 0 radical (unpaired) electrons. The van der Waals surface area contributed by atoms with Gasteiger partial charge in [-0.15, -0.1) is 0 Å². The number of carbonyl (C=O) groups excluding carboxylic acids is 3. The second-order valence-electron chi connectivity index (χ2n) is 7.55. The number of anilines is 5. The van der Waals surface area contributed by atoms with Crippen LogP contribution in [0.3, 0.4) is 0 Å². The highest BCUT2D eigenvalue weighted by Gasteiger charge is 2.34. The second-order valence-corrected chi connectivity index (χ2v) is 7.55. The summed E-state index contributed by atoms with van der Waals surface area (Å²) in [4.78, 5) is 56.3. The number of aromatic amines is 1. The Hall–Kier alpha value is -4.67. The van der Waals surface area contributed by atoms with Crippen LogP contribution in [0.25, 0.3) is 0 Å². The number of nitrogens with zero attached hydrogens (tertiary/aromatic N) is 1. The van der Waals surface area contributed by atoms with E-state index in [1.165, 1.54) is 14.0 Å². The van der Waals surface area contributed by atoms with Gasteiger partial charge in [0.1, 0.15) is 11.6 Å². The smallest absolute Gasteiger partial charge is 0.258 e. The third kappa shape index (κ3) is 4.88. The standard InChI is InChI=1S/C23H22N6O5/c1-12(30)24-13-7-9-14(10-8-13)25-21(32)15-11-18(31)27-20-19(15)22(33)29-23(28-20)26-16-5-3-4-6-17(16)34-2/h3-10,15H,11H2,1-2H3,(H,24,30)(H,25,32)(H3,26,27,28,29,31,33)/t15-/m0/s1. The fourth-order valence-corrected chi connectivity index (χ4v) is 3.60. The summed E-state index contributed by atoms with van der Waals surface area (Å²) in [6.45, 7) is 1.39. The predicted molar refractivity (Wildman–Crippen MR) is 126 cm³/mol. The number of nitrogens with one attached hydrogen (secondary N) is 5. The van der Waals surface area contributed by atoms with Crippen LogP contribution in [-0.2, 0) is 14.4 Å². The van der Waals surface area contributed by atoms with Crippen LogP contribution in [-0.4, -0.2) is 34.8 Å². The fraction of sp³-hybridized carbons (Fsp3) is 0.174. The Bertz CT molecular complexity index is 1320. The first kappa shape index (κ1) is 22.5. The Morgan fingerprint density at radius 2 is 1.71 bits per heavy atom. The molecule has 1 aromatic heterocycles. The summed E-state index contributed by atoms with van der Waals surface area (Å²) in [5.74, 6) is -1.57. The van der Waals surface area contributed by atoms with Gasteiger partial charge in [0.25, 0.3) is 5.56 Å². The van der Waals surface area contributed by atoms with E-state index in [0.717, 1.165) is 0 Å². The first-order chi connectivity index (χ1) is 16.3. The molecule has 3 amide bonds. The van der Waals surface area contributed by atoms with Gasteiger partial charge >= 0.3 is 0 Å². The van der Waals surface area contributed by atoms with Gasteiger partial charge in [0.2, 0.25) is 23.7 Å². The topological polar surface area (TPSA) is 154 Å². The zero-order valence-corrected chi connectivity index (χ0v) is 18.4. The van der Waals surface area contributed by atoms with E-state index in [0.29, 0.717) is 22.8 Å². The molecular weight excluding hydrogens is 440 g/mol. The molecule has 0 unspecified atom stereocenters. The molecule has 0 aliphatic carbocycles. The highest BCUT2D eigenvalue weighted by molar-refractivity contribution is 6.04. The molecule has 11 heteroatoms. The molecular formula is C23H22N6O5. The van der Waals surface area contributed by atoms with Gasteiger partial charge < -0.3 is 26.0 Å². The highest BCUT2D eigenvalue weighted by atomic mass is 16.5. The number of carbonyl (C=O) groups is 3. The maximum absolute atomic E-state index is 13.0. The molecule has 2 heterocycles. The summed E-state index contributed by atoms with van der Waals surface area (Å²) >= 11 is 0. The van der Waals surface area contributed by atoms with Crippen molar-refractivity contribution in [3.63, 3.8) is 0 Å². The first-order valence-corrected chi connectivity index (χ1v) is 10.4. The Morgan fingerprint density at radius 1 is 1.03 bits per heavy atom. The summed E-state index contributed by atoms with van der Waals surface area (Å²) in [7, 11) is 1.51. The molecule has 34 heavy (non-hydrogen) atoms. The number of benzene rings is 2. The van der Waals surface area contributed by atoms with Crippen molar-refractivity contribution in [3.05, 3.63) is 64.4 Å². The summed E-state index contributed by atoms with van der Waals surface area (Å²) in [6.07, 6.45) is -0.202. The van der Waals surface area contributed by atoms with Crippen molar-refractivity contribution < 1.29 is 19.1 Å². The molecule has 0 saturated heterocycles. The summed E-state index contributed by atoms with van der Waals surface area (Å²) in [5, 5.41) is 10.9. The molecule has 1 aliphatic heterocycles. The lowest BCUT2D eigenvalue weighted by atomic mass is 9.92. The number of H-pyrrole nitrogens is 1. The monoisotopic (exact) mass is 462 g/mol. The molecule has 5 N–H and O–H groups in total. The van der Waals surface area contributed by atoms with Gasteiger partial charge in [0, 0.05) is 24.7 Å². The average Bonchev–Trinajstić information content (AvgIpc) is 2.79. The number of amides is 3. The van der Waals surface area contributed by atoms with Crippen LogP contribution in [0.2, 0.25) is 0 Å². The zero-order valence-electron chi connectivity index (χ0n) is 18.4. The van der Waals surface area contributed by atoms with Crippen molar-refractivity contribution >= 4 is 46.5 Å². The number of ether oxygens (including phenoxy) is 1. The first-order valence-electron chi connectivity index (χ1n) is 10.4. The Kier molecular flexibility index (Phi) is 6.26. The molecule has 3 aromatic rings. The minimum atomic E-state index is -1.03. The number of hydrogen-bond donors (Lipinski definition) is 5. The number of methoxy groups -OCH3 is 1.